The molecule has 0 N–H and O–H groups in total. The van der Waals surface area contributed by atoms with Gasteiger partial charge in [0, 0.05) is 6.07 Å². The highest BCUT2D eigenvalue weighted by atomic mass is 19.1. The molecule has 0 amide bonds. The lowest BCUT2D eigenvalue weighted by Gasteiger charge is -2.13. The Morgan fingerprint density at radius 3 is 2.26 bits per heavy atom. The van der Waals surface area contributed by atoms with E-state index in [1.807, 2.05) is 62.8 Å². The van der Waals surface area contributed by atoms with E-state index in [1.165, 1.54) is 11.1 Å². The molecule has 0 aliphatic rings. The number of aromatic nitrogens is 1. The minimum atomic E-state index is -0.131. The second kappa shape index (κ2) is 6.62. The van der Waals surface area contributed by atoms with Crippen LogP contribution < -0.4 is 4.57 Å². The van der Waals surface area contributed by atoms with Crippen LogP contribution in [0.5, 0.6) is 0 Å². The van der Waals surface area contributed by atoms with Gasteiger partial charge in [-0.3, -0.25) is 0 Å². The van der Waals surface area contributed by atoms with Crippen molar-refractivity contribution in [2.45, 2.75) is 20.8 Å². The Morgan fingerprint density at radius 2 is 1.52 bits per heavy atom. The van der Waals surface area contributed by atoms with E-state index in [9.17, 15) is 0 Å². The lowest BCUT2D eigenvalue weighted by Crippen LogP contribution is -2.31. The molecule has 0 spiro atoms. The quantitative estimate of drug-likeness (QED) is 0.384. The molecule has 0 fully saturated rings. The van der Waals surface area contributed by atoms with Crippen LogP contribution in [0.2, 0.25) is 0 Å². The molecule has 0 bridgehead atoms. The number of rotatable bonds is 2. The molecule has 3 aromatic carbocycles. The van der Waals surface area contributed by atoms with Gasteiger partial charge in [-0.15, -0.1) is 0 Å². The van der Waals surface area contributed by atoms with Gasteiger partial charge in [-0.05, 0) is 66.1 Å². The summed E-state index contributed by atoms with van der Waals surface area (Å²) in [6, 6.07) is 20.8. The molecule has 0 saturated heterocycles. The summed E-state index contributed by atoms with van der Waals surface area (Å²) in [5, 5.41) is 2.18. The molecule has 27 heavy (non-hydrogen) atoms. The zero-order valence-electron chi connectivity index (χ0n) is 16.2. The van der Waals surface area contributed by atoms with Crippen LogP contribution in [0.25, 0.3) is 33.2 Å². The zero-order chi connectivity index (χ0) is 19.1. The summed E-state index contributed by atoms with van der Waals surface area (Å²) in [6.07, 6.45) is 2.02. The van der Waals surface area contributed by atoms with Crippen molar-refractivity contribution in [1.29, 1.82) is 0 Å². The normalized spacial score (nSPS) is 11.1. The highest BCUT2D eigenvalue weighted by molar-refractivity contribution is 5.96. The first-order valence-electron chi connectivity index (χ1n) is 9.22. The maximum atomic E-state index is 15.2. The van der Waals surface area contributed by atoms with Crippen molar-refractivity contribution in [2.24, 2.45) is 7.05 Å². The first-order chi connectivity index (χ1) is 13.0. The third-order valence-corrected chi connectivity index (χ3v) is 5.45. The number of aryl methyl sites for hydroxylation is 3. The zero-order valence-corrected chi connectivity index (χ0v) is 16.2. The smallest absolute Gasteiger partial charge is 0.206 e. The van der Waals surface area contributed by atoms with Gasteiger partial charge in [0.25, 0.3) is 0 Å². The van der Waals surface area contributed by atoms with Crippen molar-refractivity contribution in [3.8, 4) is 22.4 Å². The van der Waals surface area contributed by atoms with Gasteiger partial charge >= 0.3 is 0 Å². The van der Waals surface area contributed by atoms with Gasteiger partial charge in [0.15, 0.2) is 6.20 Å². The highest BCUT2D eigenvalue weighted by Gasteiger charge is 2.23. The largest absolute Gasteiger partial charge is 0.223 e. The van der Waals surface area contributed by atoms with Crippen molar-refractivity contribution in [1.82, 2.24) is 0 Å². The molecule has 0 radical (unpaired) electrons. The Hall–Kier alpha value is -3.00. The van der Waals surface area contributed by atoms with E-state index >= 15 is 4.39 Å². The maximum Gasteiger partial charge on any atom is 0.223 e. The first kappa shape index (κ1) is 17.4. The molecular formula is C25H23FN+. The van der Waals surface area contributed by atoms with Crippen LogP contribution in [0.15, 0.2) is 66.9 Å². The minimum absolute atomic E-state index is 0.131. The fourth-order valence-corrected chi connectivity index (χ4v) is 3.83. The number of hydrogen-bond acceptors (Lipinski definition) is 0. The molecule has 0 aliphatic heterocycles. The average molecular weight is 356 g/mol. The molecule has 1 aromatic heterocycles. The molecule has 0 aliphatic carbocycles. The third-order valence-electron chi connectivity index (χ3n) is 5.45. The van der Waals surface area contributed by atoms with Gasteiger partial charge in [0.1, 0.15) is 12.9 Å². The molecule has 4 aromatic rings. The Balaban J connectivity index is 2.02. The minimum Gasteiger partial charge on any atom is -0.206 e. The molecule has 1 heterocycles. The number of nitrogens with zero attached hydrogens (tertiary/aromatic N) is 1. The van der Waals surface area contributed by atoms with Gasteiger partial charge in [-0.25, -0.2) is 8.96 Å². The van der Waals surface area contributed by atoms with Crippen LogP contribution in [0.1, 0.15) is 16.7 Å². The van der Waals surface area contributed by atoms with Crippen molar-refractivity contribution in [2.75, 3.05) is 0 Å². The van der Waals surface area contributed by atoms with Crippen LogP contribution in [-0.4, -0.2) is 0 Å². The lowest BCUT2D eigenvalue weighted by atomic mass is 9.93. The van der Waals surface area contributed by atoms with E-state index < -0.39 is 0 Å². The van der Waals surface area contributed by atoms with Crippen molar-refractivity contribution in [3.05, 3.63) is 89.4 Å². The number of pyridine rings is 1. The van der Waals surface area contributed by atoms with Gasteiger partial charge in [0.05, 0.1) is 10.9 Å². The summed E-state index contributed by atoms with van der Waals surface area (Å²) in [5.74, 6) is -0.131. The van der Waals surface area contributed by atoms with Crippen LogP contribution in [0.3, 0.4) is 0 Å². The standard InChI is InChI=1S/C25H23FN/c1-16-14-17(2)24(26)23(18(16)3)25-22-11-10-20(19-8-6-5-7-9-19)15-21(22)12-13-27(25)4/h5-15H,1-4H3/q+1. The Labute approximate surface area is 159 Å². The van der Waals surface area contributed by atoms with Gasteiger partial charge in [-0.1, -0.05) is 42.5 Å². The molecule has 0 unspecified atom stereocenters. The predicted molar refractivity (Wildman–Crippen MR) is 110 cm³/mol. The first-order valence-corrected chi connectivity index (χ1v) is 9.22. The van der Waals surface area contributed by atoms with Crippen LogP contribution in [0, 0.1) is 26.6 Å². The summed E-state index contributed by atoms with van der Waals surface area (Å²) in [4.78, 5) is 0. The SMILES string of the molecule is Cc1cc(C)c(F)c(-c2c3ccc(-c4ccccc4)cc3cc[n+]2C)c1C. The summed E-state index contributed by atoms with van der Waals surface area (Å²) >= 11 is 0. The molecule has 134 valence electrons. The second-order valence-electron chi connectivity index (χ2n) is 7.27. The molecule has 2 heteroatoms. The summed E-state index contributed by atoms with van der Waals surface area (Å²) in [5.41, 5.74) is 6.77. The summed E-state index contributed by atoms with van der Waals surface area (Å²) in [7, 11) is 1.98. The molecular weight excluding hydrogens is 333 g/mol. The second-order valence-corrected chi connectivity index (χ2v) is 7.27. The molecule has 1 nitrogen and oxygen atoms in total. The highest BCUT2D eigenvalue weighted by Crippen LogP contribution is 2.34. The van der Waals surface area contributed by atoms with Crippen molar-refractivity contribution in [3.63, 3.8) is 0 Å². The van der Waals surface area contributed by atoms with E-state index in [1.54, 1.807) is 0 Å². The van der Waals surface area contributed by atoms with Crippen LogP contribution in [0.4, 0.5) is 4.39 Å². The van der Waals surface area contributed by atoms with Gasteiger partial charge in [-0.2, -0.15) is 0 Å². The number of fused-ring (bicyclic) bond motifs is 1. The molecule has 0 saturated carbocycles. The van der Waals surface area contributed by atoms with E-state index in [-0.39, 0.29) is 5.82 Å². The Morgan fingerprint density at radius 1 is 0.778 bits per heavy atom. The van der Waals surface area contributed by atoms with E-state index in [0.717, 1.165) is 27.6 Å². The number of benzene rings is 3. The maximum absolute atomic E-state index is 15.2. The van der Waals surface area contributed by atoms with E-state index in [0.29, 0.717) is 11.1 Å². The topological polar surface area (TPSA) is 3.88 Å². The summed E-state index contributed by atoms with van der Waals surface area (Å²) < 4.78 is 17.2. The van der Waals surface area contributed by atoms with E-state index in [4.69, 9.17) is 0 Å². The number of halogens is 1. The third kappa shape index (κ3) is 2.91. The molecule has 0 atom stereocenters. The predicted octanol–water partition coefficient (Wildman–Crippen LogP) is 6.06. The fourth-order valence-electron chi connectivity index (χ4n) is 3.83. The monoisotopic (exact) mass is 356 g/mol. The van der Waals surface area contributed by atoms with Gasteiger partial charge < -0.3 is 0 Å². The van der Waals surface area contributed by atoms with Crippen LogP contribution >= 0.6 is 0 Å². The molecule has 4 rings (SSSR count). The number of hydrogen-bond donors (Lipinski definition) is 0. The lowest BCUT2D eigenvalue weighted by molar-refractivity contribution is -0.659. The van der Waals surface area contributed by atoms with Crippen molar-refractivity contribution >= 4 is 10.8 Å². The Bertz CT molecular complexity index is 1130. The Kier molecular flexibility index (Phi) is 4.27. The van der Waals surface area contributed by atoms with E-state index in [2.05, 4.69) is 36.4 Å². The van der Waals surface area contributed by atoms with Crippen LogP contribution in [-0.2, 0) is 7.05 Å². The fraction of sp³-hybridized carbons (Fsp3) is 0.160. The van der Waals surface area contributed by atoms with Gasteiger partial charge in [0.2, 0.25) is 5.69 Å². The average Bonchev–Trinajstić information content (AvgIpc) is 2.68. The van der Waals surface area contributed by atoms with Crippen molar-refractivity contribution < 1.29 is 8.96 Å². The summed E-state index contributed by atoms with van der Waals surface area (Å²) in [6.45, 7) is 5.89.